The minimum atomic E-state index is -0.944. The second-order valence-electron chi connectivity index (χ2n) is 7.06. The summed E-state index contributed by atoms with van der Waals surface area (Å²) in [5.74, 6) is -0.944. The largest absolute Gasteiger partial charge is 0.478 e. The topological polar surface area (TPSA) is 62.5 Å². The van der Waals surface area contributed by atoms with Gasteiger partial charge in [-0.25, -0.2) is 4.79 Å². The average molecular weight is 439 g/mol. The molecule has 0 saturated carbocycles. The summed E-state index contributed by atoms with van der Waals surface area (Å²) in [6.07, 6.45) is 2.04. The number of amides is 1. The van der Waals surface area contributed by atoms with Crippen LogP contribution in [0.25, 0.3) is 11.8 Å². The fourth-order valence-electron chi connectivity index (χ4n) is 3.59. The number of carboxylic acids is 1. The van der Waals surface area contributed by atoms with Gasteiger partial charge in [0.2, 0.25) is 0 Å². The summed E-state index contributed by atoms with van der Waals surface area (Å²) in [7, 11) is 0. The maximum atomic E-state index is 12.5. The third-order valence-electron chi connectivity index (χ3n) is 5.03. The molecule has 0 spiro atoms. The lowest BCUT2D eigenvalue weighted by Crippen LogP contribution is -2.21. The van der Waals surface area contributed by atoms with Crippen LogP contribution >= 0.6 is 23.4 Å². The quantitative estimate of drug-likeness (QED) is 0.529. The molecule has 4 rings (SSSR count). The molecule has 0 bridgehead atoms. The summed E-state index contributed by atoms with van der Waals surface area (Å²) < 4.78 is 2.08. The molecule has 0 unspecified atom stereocenters. The van der Waals surface area contributed by atoms with Crippen molar-refractivity contribution < 1.29 is 14.7 Å². The maximum Gasteiger partial charge on any atom is 0.335 e. The summed E-state index contributed by atoms with van der Waals surface area (Å²) in [6, 6.07) is 16.2. The molecule has 1 N–H and O–H groups in total. The van der Waals surface area contributed by atoms with Gasteiger partial charge >= 0.3 is 5.97 Å². The Balaban J connectivity index is 1.63. The Morgan fingerprint density at radius 3 is 2.50 bits per heavy atom. The molecule has 2 aromatic carbocycles. The van der Waals surface area contributed by atoms with Crippen LogP contribution in [0.5, 0.6) is 0 Å². The number of hydrogen-bond donors (Lipinski definition) is 1. The molecule has 1 aliphatic heterocycles. The normalized spacial score (nSPS) is 15.2. The number of aromatic nitrogens is 1. The van der Waals surface area contributed by atoms with Gasteiger partial charge in [-0.05, 0) is 85.8 Å². The lowest BCUT2D eigenvalue weighted by atomic mass is 10.2. The highest BCUT2D eigenvalue weighted by molar-refractivity contribution is 8.17. The van der Waals surface area contributed by atoms with E-state index in [0.29, 0.717) is 11.6 Å². The van der Waals surface area contributed by atoms with Gasteiger partial charge in [0.25, 0.3) is 5.24 Å². The highest BCUT2D eigenvalue weighted by Crippen LogP contribution is 2.36. The van der Waals surface area contributed by atoms with Crippen molar-refractivity contribution >= 4 is 46.3 Å². The Kier molecular flexibility index (Phi) is 5.45. The number of aromatic carboxylic acids is 1. The van der Waals surface area contributed by atoms with Crippen molar-refractivity contribution in [3.8, 4) is 5.69 Å². The lowest BCUT2D eigenvalue weighted by molar-refractivity contribution is 0.0697. The molecule has 1 saturated heterocycles. The van der Waals surface area contributed by atoms with E-state index in [0.717, 1.165) is 33.2 Å². The van der Waals surface area contributed by atoms with E-state index >= 15 is 0 Å². The van der Waals surface area contributed by atoms with Crippen LogP contribution in [-0.2, 0) is 0 Å². The van der Waals surface area contributed by atoms with Gasteiger partial charge < -0.3 is 9.67 Å². The van der Waals surface area contributed by atoms with Crippen LogP contribution < -0.4 is 4.90 Å². The van der Waals surface area contributed by atoms with Gasteiger partial charge in [-0.1, -0.05) is 17.7 Å². The fourth-order valence-corrected chi connectivity index (χ4v) is 4.66. The van der Waals surface area contributed by atoms with Crippen LogP contribution in [-0.4, -0.2) is 27.4 Å². The molecule has 1 aromatic heterocycles. The number of anilines is 1. The predicted molar refractivity (Wildman–Crippen MR) is 122 cm³/mol. The highest BCUT2D eigenvalue weighted by atomic mass is 35.5. The summed E-state index contributed by atoms with van der Waals surface area (Å²) in [5, 5.41) is 9.67. The molecule has 7 heteroatoms. The van der Waals surface area contributed by atoms with E-state index in [4.69, 9.17) is 16.7 Å². The van der Waals surface area contributed by atoms with Crippen molar-refractivity contribution in [2.45, 2.75) is 13.8 Å². The zero-order valence-electron chi connectivity index (χ0n) is 16.4. The van der Waals surface area contributed by atoms with Crippen molar-refractivity contribution in [2.24, 2.45) is 0 Å². The van der Waals surface area contributed by atoms with Gasteiger partial charge in [0, 0.05) is 32.7 Å². The molecule has 152 valence electrons. The van der Waals surface area contributed by atoms with Gasteiger partial charge in [-0.2, -0.15) is 0 Å². The highest BCUT2D eigenvalue weighted by Gasteiger charge is 2.27. The Morgan fingerprint density at radius 2 is 1.83 bits per heavy atom. The smallest absolute Gasteiger partial charge is 0.335 e. The Morgan fingerprint density at radius 1 is 1.10 bits per heavy atom. The summed E-state index contributed by atoms with van der Waals surface area (Å²) in [6.45, 7) is 4.52. The molecular weight excluding hydrogens is 420 g/mol. The number of nitrogens with zero attached hydrogens (tertiary/aromatic N) is 2. The van der Waals surface area contributed by atoms with E-state index in [1.54, 1.807) is 41.3 Å². The number of carboxylic acid groups (broad SMARTS) is 1. The summed E-state index contributed by atoms with van der Waals surface area (Å²) in [4.78, 5) is 26.3. The number of thioether (sulfide) groups is 1. The molecular formula is C23H19ClN2O3S. The lowest BCUT2D eigenvalue weighted by Gasteiger charge is -2.14. The van der Waals surface area contributed by atoms with Crippen molar-refractivity contribution in [3.05, 3.63) is 87.0 Å². The zero-order chi connectivity index (χ0) is 21.4. The first-order valence-electron chi connectivity index (χ1n) is 9.31. The second-order valence-corrected chi connectivity index (χ2v) is 8.57. The fraction of sp³-hybridized carbons (Fsp3) is 0.130. The van der Waals surface area contributed by atoms with Gasteiger partial charge in [-0.15, -0.1) is 0 Å². The number of benzene rings is 2. The van der Waals surface area contributed by atoms with E-state index in [9.17, 15) is 9.59 Å². The average Bonchev–Trinajstić information content (AvgIpc) is 3.21. The van der Waals surface area contributed by atoms with E-state index < -0.39 is 5.97 Å². The third kappa shape index (κ3) is 3.88. The Hall–Kier alpha value is -2.96. The number of carbonyl (C=O) groups is 2. The van der Waals surface area contributed by atoms with Crippen LogP contribution in [0.4, 0.5) is 10.5 Å². The molecule has 1 aliphatic rings. The number of halogens is 1. The maximum absolute atomic E-state index is 12.5. The van der Waals surface area contributed by atoms with Gasteiger partial charge in [0.1, 0.15) is 0 Å². The van der Waals surface area contributed by atoms with E-state index in [2.05, 4.69) is 10.6 Å². The molecule has 2 heterocycles. The third-order valence-corrected chi connectivity index (χ3v) is 6.17. The number of hydrogen-bond acceptors (Lipinski definition) is 3. The minimum absolute atomic E-state index is 0.0263. The Labute approximate surface area is 183 Å². The molecule has 3 aromatic rings. The molecule has 0 radical (unpaired) electrons. The van der Waals surface area contributed by atoms with Gasteiger partial charge in [0.15, 0.2) is 0 Å². The predicted octanol–water partition coefficient (Wildman–Crippen LogP) is 6.16. The zero-order valence-corrected chi connectivity index (χ0v) is 18.0. The molecule has 1 fully saturated rings. The molecule has 30 heavy (non-hydrogen) atoms. The van der Waals surface area contributed by atoms with E-state index in [-0.39, 0.29) is 10.8 Å². The van der Waals surface area contributed by atoms with E-state index in [1.807, 2.05) is 32.1 Å². The van der Waals surface area contributed by atoms with Crippen molar-refractivity contribution in [3.63, 3.8) is 0 Å². The number of rotatable bonds is 4. The van der Waals surface area contributed by atoms with E-state index in [1.165, 1.54) is 11.8 Å². The molecule has 5 nitrogen and oxygen atoms in total. The molecule has 0 aliphatic carbocycles. The van der Waals surface area contributed by atoms with Crippen LogP contribution in [0.3, 0.4) is 0 Å². The number of aryl methyl sites for hydroxylation is 1. The van der Waals surface area contributed by atoms with Gasteiger partial charge in [-0.3, -0.25) is 9.69 Å². The Bertz CT molecular complexity index is 1180. The van der Waals surface area contributed by atoms with Crippen LogP contribution in [0.15, 0.2) is 59.5 Å². The first-order valence-corrected chi connectivity index (χ1v) is 10.5. The standard InChI is InChI=1S/C23H19ClN2O3S/c1-14-10-17(15(2)26(14)19-8-6-16(7-9-19)22(27)28)11-21-13-25(23(29)30-21)20-5-3-4-18(24)12-20/h3-12H,13H2,1-2H3,(H,27,28)/b21-11-. The molecule has 0 atom stereocenters. The van der Waals surface area contributed by atoms with Gasteiger partial charge in [0.05, 0.1) is 12.1 Å². The second kappa shape index (κ2) is 8.05. The minimum Gasteiger partial charge on any atom is -0.478 e. The first kappa shape index (κ1) is 20.3. The van der Waals surface area contributed by atoms with Crippen LogP contribution in [0.1, 0.15) is 27.3 Å². The molecule has 1 amide bonds. The first-order chi connectivity index (χ1) is 14.3. The van der Waals surface area contributed by atoms with Crippen molar-refractivity contribution in [1.29, 1.82) is 0 Å². The number of carbonyl (C=O) groups excluding carboxylic acids is 1. The van der Waals surface area contributed by atoms with Crippen LogP contribution in [0.2, 0.25) is 5.02 Å². The van der Waals surface area contributed by atoms with Crippen molar-refractivity contribution in [2.75, 3.05) is 11.4 Å². The summed E-state index contributed by atoms with van der Waals surface area (Å²) in [5.41, 5.74) is 5.02. The van der Waals surface area contributed by atoms with Crippen LogP contribution in [0, 0.1) is 13.8 Å². The van der Waals surface area contributed by atoms with Crippen molar-refractivity contribution in [1.82, 2.24) is 4.57 Å². The SMILES string of the molecule is Cc1cc(/C=C2/CN(c3cccc(Cl)c3)C(=O)S2)c(C)n1-c1ccc(C(=O)O)cc1. The summed E-state index contributed by atoms with van der Waals surface area (Å²) >= 11 is 7.29. The monoisotopic (exact) mass is 438 g/mol.